The Balaban J connectivity index is 0.947. The summed E-state index contributed by atoms with van der Waals surface area (Å²) in [7, 11) is 0. The first-order valence-electron chi connectivity index (χ1n) is 20.4. The summed E-state index contributed by atoms with van der Waals surface area (Å²) < 4.78 is 5.05. The number of para-hydroxylation sites is 1. The number of hydrogen-bond donors (Lipinski definition) is 0. The maximum atomic E-state index is 5.19. The predicted octanol–water partition coefficient (Wildman–Crippen LogP) is 16.0. The Morgan fingerprint density at radius 2 is 0.817 bits per heavy atom. The minimum atomic E-state index is 0.951. The molecular formula is C57H36N2S. The molecule has 280 valence electrons. The fourth-order valence-electron chi connectivity index (χ4n) is 9.14. The first kappa shape index (κ1) is 34.5. The second kappa shape index (κ2) is 14.1. The molecule has 3 heterocycles. The van der Waals surface area contributed by atoms with Gasteiger partial charge in [-0.15, -0.1) is 11.3 Å². The van der Waals surface area contributed by atoms with Gasteiger partial charge in [-0.3, -0.25) is 0 Å². The van der Waals surface area contributed by atoms with Crippen molar-refractivity contribution in [2.24, 2.45) is 0 Å². The molecule has 0 N–H and O–H groups in total. The van der Waals surface area contributed by atoms with E-state index in [0.29, 0.717) is 0 Å². The van der Waals surface area contributed by atoms with Crippen molar-refractivity contribution in [3.63, 3.8) is 0 Å². The molecular weight excluding hydrogens is 745 g/mol. The fourth-order valence-corrected chi connectivity index (χ4v) is 10.2. The van der Waals surface area contributed by atoms with E-state index >= 15 is 0 Å². The molecule has 0 aliphatic carbocycles. The summed E-state index contributed by atoms with van der Waals surface area (Å²) >= 11 is 1.87. The lowest BCUT2D eigenvalue weighted by Gasteiger charge is -2.13. The summed E-state index contributed by atoms with van der Waals surface area (Å²) in [6, 6.07) is 79.2. The third kappa shape index (κ3) is 5.74. The maximum Gasteiger partial charge on any atom is 0.0715 e. The molecule has 0 unspecified atom stereocenters. The highest BCUT2D eigenvalue weighted by Crippen LogP contribution is 2.41. The van der Waals surface area contributed by atoms with E-state index in [1.54, 1.807) is 0 Å². The van der Waals surface area contributed by atoms with E-state index in [4.69, 9.17) is 4.98 Å². The van der Waals surface area contributed by atoms with Gasteiger partial charge in [-0.1, -0.05) is 158 Å². The summed E-state index contributed by atoms with van der Waals surface area (Å²) in [5.74, 6) is 0. The molecule has 0 spiro atoms. The SMILES string of the molecule is c1ccc(-c2cc(-c3ccccc3)nc(-c3ccc(-n4c5ccccc5c5cc(-c6cccc7c(-c8ccc9sc%10ccccc%10c9c8)cccc67)ccc54)cc3)c2)cc1. The zero-order valence-electron chi connectivity index (χ0n) is 32.6. The third-order valence-corrected chi connectivity index (χ3v) is 13.2. The number of aromatic nitrogens is 2. The second-order valence-electron chi connectivity index (χ2n) is 15.5. The summed E-state index contributed by atoms with van der Waals surface area (Å²) in [5.41, 5.74) is 14.8. The lowest BCUT2D eigenvalue weighted by molar-refractivity contribution is 1.18. The Morgan fingerprint density at radius 1 is 0.300 bits per heavy atom. The average molecular weight is 781 g/mol. The topological polar surface area (TPSA) is 17.8 Å². The first-order chi connectivity index (χ1) is 29.7. The van der Waals surface area contributed by atoms with Crippen LogP contribution < -0.4 is 0 Å². The lowest BCUT2D eigenvalue weighted by atomic mass is 9.92. The third-order valence-electron chi connectivity index (χ3n) is 12.0. The molecule has 12 aromatic rings. The molecule has 3 heteroatoms. The molecule has 0 atom stereocenters. The smallest absolute Gasteiger partial charge is 0.0715 e. The molecule has 0 aliphatic rings. The van der Waals surface area contributed by atoms with E-state index in [1.165, 1.54) is 80.6 Å². The minimum absolute atomic E-state index is 0.951. The minimum Gasteiger partial charge on any atom is -0.309 e. The van der Waals surface area contributed by atoms with Crippen molar-refractivity contribution in [1.29, 1.82) is 0 Å². The van der Waals surface area contributed by atoms with Crippen LogP contribution in [0.3, 0.4) is 0 Å². The maximum absolute atomic E-state index is 5.19. The van der Waals surface area contributed by atoms with Crippen LogP contribution >= 0.6 is 11.3 Å². The quantitative estimate of drug-likeness (QED) is 0.164. The fraction of sp³-hybridized carbons (Fsp3) is 0. The Bertz CT molecular complexity index is 3520. The number of benzene rings is 9. The van der Waals surface area contributed by atoms with Crippen LogP contribution in [0.15, 0.2) is 218 Å². The van der Waals surface area contributed by atoms with Crippen molar-refractivity contribution in [2.45, 2.75) is 0 Å². The molecule has 0 fully saturated rings. The molecule has 0 saturated carbocycles. The molecule has 0 radical (unpaired) electrons. The van der Waals surface area contributed by atoms with E-state index in [-0.39, 0.29) is 0 Å². The van der Waals surface area contributed by atoms with Gasteiger partial charge < -0.3 is 4.57 Å². The van der Waals surface area contributed by atoms with E-state index in [1.807, 2.05) is 17.4 Å². The zero-order chi connectivity index (χ0) is 39.6. The molecule has 60 heavy (non-hydrogen) atoms. The molecule has 0 aliphatic heterocycles. The van der Waals surface area contributed by atoms with Gasteiger partial charge in [0.15, 0.2) is 0 Å². The first-order valence-corrected chi connectivity index (χ1v) is 21.3. The van der Waals surface area contributed by atoms with Crippen LogP contribution in [0, 0.1) is 0 Å². The van der Waals surface area contributed by atoms with Crippen LogP contribution in [0.1, 0.15) is 0 Å². The molecule has 0 amide bonds. The normalized spacial score (nSPS) is 11.7. The van der Waals surface area contributed by atoms with Crippen molar-refractivity contribution in [2.75, 3.05) is 0 Å². The number of pyridine rings is 1. The Hall–Kier alpha value is -7.59. The van der Waals surface area contributed by atoms with Gasteiger partial charge in [0.25, 0.3) is 0 Å². The molecule has 3 aromatic heterocycles. The van der Waals surface area contributed by atoms with Crippen molar-refractivity contribution in [1.82, 2.24) is 9.55 Å². The number of fused-ring (bicyclic) bond motifs is 7. The van der Waals surface area contributed by atoms with E-state index in [9.17, 15) is 0 Å². The second-order valence-corrected chi connectivity index (χ2v) is 16.6. The van der Waals surface area contributed by atoms with Crippen molar-refractivity contribution >= 4 is 64.1 Å². The van der Waals surface area contributed by atoms with E-state index in [2.05, 4.69) is 217 Å². The Morgan fingerprint density at radius 3 is 1.53 bits per heavy atom. The lowest BCUT2D eigenvalue weighted by Crippen LogP contribution is -1.95. The standard InChI is InChI=1S/C57H36N2S/c1-3-13-37(14-4-1)42-35-52(38-15-5-2-6-16-38)58-53(36-42)39-25-29-43(30-26-39)59-54-23-9-7-17-48(54)50-33-40(27-31-55(50)59)44-19-11-22-47-45(20-12-21-46(44)47)41-28-32-57-51(34-41)49-18-8-10-24-56(49)60-57/h1-36H. The van der Waals surface area contributed by atoms with Gasteiger partial charge in [-0.05, 0) is 105 Å². The number of rotatable bonds is 6. The van der Waals surface area contributed by atoms with Gasteiger partial charge in [-0.2, -0.15) is 0 Å². The van der Waals surface area contributed by atoms with Crippen molar-refractivity contribution in [3.05, 3.63) is 218 Å². The van der Waals surface area contributed by atoms with Gasteiger partial charge in [0.2, 0.25) is 0 Å². The highest BCUT2D eigenvalue weighted by molar-refractivity contribution is 7.25. The molecule has 0 bridgehead atoms. The summed E-state index contributed by atoms with van der Waals surface area (Å²) in [6.45, 7) is 0. The summed E-state index contributed by atoms with van der Waals surface area (Å²) in [6.07, 6.45) is 0. The van der Waals surface area contributed by atoms with Crippen LogP contribution in [0.4, 0.5) is 0 Å². The van der Waals surface area contributed by atoms with Crippen LogP contribution in [-0.4, -0.2) is 9.55 Å². The van der Waals surface area contributed by atoms with Gasteiger partial charge in [-0.25, -0.2) is 4.98 Å². The van der Waals surface area contributed by atoms with Crippen molar-refractivity contribution < 1.29 is 0 Å². The van der Waals surface area contributed by atoms with Gasteiger partial charge in [0.1, 0.15) is 0 Å². The Kier molecular flexibility index (Phi) is 8.07. The van der Waals surface area contributed by atoms with Crippen LogP contribution in [0.25, 0.3) is 114 Å². The monoisotopic (exact) mass is 780 g/mol. The predicted molar refractivity (Wildman–Crippen MR) is 256 cm³/mol. The molecule has 9 aromatic carbocycles. The number of thiophene rings is 1. The molecule has 0 saturated heterocycles. The summed E-state index contributed by atoms with van der Waals surface area (Å²) in [4.78, 5) is 5.19. The summed E-state index contributed by atoms with van der Waals surface area (Å²) in [5, 5.41) is 7.64. The van der Waals surface area contributed by atoms with Gasteiger partial charge in [0.05, 0.1) is 22.4 Å². The molecule has 12 rings (SSSR count). The number of hydrogen-bond acceptors (Lipinski definition) is 2. The van der Waals surface area contributed by atoms with Gasteiger partial charge in [0, 0.05) is 47.8 Å². The largest absolute Gasteiger partial charge is 0.309 e. The Labute approximate surface area is 351 Å². The zero-order valence-corrected chi connectivity index (χ0v) is 33.4. The highest BCUT2D eigenvalue weighted by Gasteiger charge is 2.16. The van der Waals surface area contributed by atoms with E-state index in [0.717, 1.165) is 33.8 Å². The van der Waals surface area contributed by atoms with Crippen LogP contribution in [-0.2, 0) is 0 Å². The molecule has 2 nitrogen and oxygen atoms in total. The van der Waals surface area contributed by atoms with Crippen LogP contribution in [0.2, 0.25) is 0 Å². The van der Waals surface area contributed by atoms with Gasteiger partial charge >= 0.3 is 0 Å². The van der Waals surface area contributed by atoms with Crippen LogP contribution in [0.5, 0.6) is 0 Å². The van der Waals surface area contributed by atoms with E-state index < -0.39 is 0 Å². The number of nitrogens with zero attached hydrogens (tertiary/aromatic N) is 2. The van der Waals surface area contributed by atoms with Crippen molar-refractivity contribution in [3.8, 4) is 61.6 Å². The highest BCUT2D eigenvalue weighted by atomic mass is 32.1. The average Bonchev–Trinajstić information content (AvgIpc) is 3.87.